The number of aliphatic carboxylic acids is 1. The van der Waals surface area contributed by atoms with E-state index in [1.54, 1.807) is 12.1 Å². The Morgan fingerprint density at radius 2 is 2.31 bits per heavy atom. The van der Waals surface area contributed by atoms with Crippen molar-refractivity contribution in [2.75, 3.05) is 6.61 Å². The van der Waals surface area contributed by atoms with Crippen LogP contribution in [0.5, 0.6) is 5.75 Å². The van der Waals surface area contributed by atoms with E-state index in [-0.39, 0.29) is 6.42 Å². The highest BCUT2D eigenvalue weighted by molar-refractivity contribution is 9.10. The number of ether oxygens (including phenoxy) is 1. The Morgan fingerprint density at radius 1 is 1.62 bits per heavy atom. The number of carboxylic acids is 1. The third-order valence-corrected chi connectivity index (χ3v) is 2.56. The molecule has 0 heterocycles. The summed E-state index contributed by atoms with van der Waals surface area (Å²) < 4.78 is 6.25. The first kappa shape index (κ1) is 13.0. The van der Waals surface area contributed by atoms with Gasteiger partial charge in [-0.1, -0.05) is 15.9 Å². The van der Waals surface area contributed by atoms with Crippen LogP contribution in [0.25, 0.3) is 0 Å². The van der Waals surface area contributed by atoms with E-state index in [9.17, 15) is 4.79 Å². The Bertz CT molecular complexity index is 381. The molecule has 0 radical (unpaired) electrons. The molecule has 0 saturated carbocycles. The van der Waals surface area contributed by atoms with Crippen molar-refractivity contribution in [2.24, 2.45) is 5.73 Å². The predicted molar refractivity (Wildman–Crippen MR) is 64.5 cm³/mol. The van der Waals surface area contributed by atoms with Gasteiger partial charge in [-0.2, -0.15) is 0 Å². The van der Waals surface area contributed by atoms with Gasteiger partial charge in [0.1, 0.15) is 5.75 Å². The van der Waals surface area contributed by atoms with Gasteiger partial charge < -0.3 is 15.6 Å². The van der Waals surface area contributed by atoms with Crippen molar-refractivity contribution in [1.82, 2.24) is 0 Å². The van der Waals surface area contributed by atoms with Crippen molar-refractivity contribution in [2.45, 2.75) is 19.4 Å². The molecule has 0 fully saturated rings. The van der Waals surface area contributed by atoms with E-state index in [0.717, 1.165) is 4.47 Å². The SMILES string of the molecule is CCOc1ccc(Br)cc1[C@@H](N)CC(=O)O. The van der Waals surface area contributed by atoms with E-state index < -0.39 is 12.0 Å². The molecule has 0 saturated heterocycles. The first-order chi connectivity index (χ1) is 7.54. The molecular weight excluding hydrogens is 274 g/mol. The number of benzene rings is 1. The van der Waals surface area contributed by atoms with Crippen molar-refractivity contribution < 1.29 is 14.6 Å². The van der Waals surface area contributed by atoms with E-state index in [2.05, 4.69) is 15.9 Å². The minimum absolute atomic E-state index is 0.115. The predicted octanol–water partition coefficient (Wildman–Crippen LogP) is 2.32. The quantitative estimate of drug-likeness (QED) is 0.872. The second-order valence-corrected chi connectivity index (χ2v) is 4.24. The number of carboxylic acid groups (broad SMARTS) is 1. The highest BCUT2D eigenvalue weighted by Gasteiger charge is 2.15. The Labute approximate surface area is 103 Å². The molecule has 0 aliphatic rings. The fraction of sp³-hybridized carbons (Fsp3) is 0.364. The van der Waals surface area contributed by atoms with Crippen molar-refractivity contribution in [3.8, 4) is 5.75 Å². The van der Waals surface area contributed by atoms with E-state index in [1.165, 1.54) is 0 Å². The van der Waals surface area contributed by atoms with E-state index in [4.69, 9.17) is 15.6 Å². The Hall–Kier alpha value is -1.07. The number of hydrogen-bond acceptors (Lipinski definition) is 3. The number of hydrogen-bond donors (Lipinski definition) is 2. The van der Waals surface area contributed by atoms with Crippen LogP contribution in [-0.4, -0.2) is 17.7 Å². The lowest BCUT2D eigenvalue weighted by Crippen LogP contribution is -2.16. The molecule has 0 unspecified atom stereocenters. The van der Waals surface area contributed by atoms with Crippen molar-refractivity contribution >= 4 is 21.9 Å². The van der Waals surface area contributed by atoms with Gasteiger partial charge in [-0.05, 0) is 25.1 Å². The maximum Gasteiger partial charge on any atom is 0.305 e. The number of halogens is 1. The van der Waals surface area contributed by atoms with Crippen LogP contribution in [0.1, 0.15) is 24.9 Å². The summed E-state index contributed by atoms with van der Waals surface area (Å²) >= 11 is 3.32. The van der Waals surface area contributed by atoms with Crippen molar-refractivity contribution in [1.29, 1.82) is 0 Å². The summed E-state index contributed by atoms with van der Waals surface area (Å²) in [5.41, 5.74) is 6.52. The molecule has 1 rings (SSSR count). The minimum Gasteiger partial charge on any atom is -0.494 e. The van der Waals surface area contributed by atoms with Gasteiger partial charge in [0.25, 0.3) is 0 Å². The summed E-state index contributed by atoms with van der Waals surface area (Å²) in [6, 6.07) is 4.85. The highest BCUT2D eigenvalue weighted by Crippen LogP contribution is 2.29. The zero-order valence-corrected chi connectivity index (χ0v) is 10.5. The van der Waals surface area contributed by atoms with E-state index in [0.29, 0.717) is 17.9 Å². The highest BCUT2D eigenvalue weighted by atomic mass is 79.9. The lowest BCUT2D eigenvalue weighted by Gasteiger charge is -2.15. The summed E-state index contributed by atoms with van der Waals surface area (Å²) in [4.78, 5) is 10.6. The molecule has 88 valence electrons. The Kier molecular flexibility index (Phi) is 4.76. The molecule has 0 spiro atoms. The smallest absolute Gasteiger partial charge is 0.305 e. The number of nitrogens with two attached hydrogens (primary N) is 1. The second-order valence-electron chi connectivity index (χ2n) is 3.32. The monoisotopic (exact) mass is 287 g/mol. The van der Waals surface area contributed by atoms with Crippen molar-refractivity contribution in [3.05, 3.63) is 28.2 Å². The molecule has 16 heavy (non-hydrogen) atoms. The van der Waals surface area contributed by atoms with E-state index >= 15 is 0 Å². The Balaban J connectivity index is 2.98. The average molecular weight is 288 g/mol. The lowest BCUT2D eigenvalue weighted by atomic mass is 10.0. The summed E-state index contributed by atoms with van der Waals surface area (Å²) in [6.45, 7) is 2.39. The molecule has 0 amide bonds. The first-order valence-electron chi connectivity index (χ1n) is 4.94. The average Bonchev–Trinajstić information content (AvgIpc) is 2.20. The lowest BCUT2D eigenvalue weighted by molar-refractivity contribution is -0.137. The van der Waals surface area contributed by atoms with Gasteiger partial charge in [0, 0.05) is 16.1 Å². The maximum atomic E-state index is 10.6. The third kappa shape index (κ3) is 3.50. The molecule has 1 atom stereocenters. The van der Waals surface area contributed by atoms with Crippen LogP contribution >= 0.6 is 15.9 Å². The van der Waals surface area contributed by atoms with Crippen LogP contribution in [0.3, 0.4) is 0 Å². The molecule has 1 aromatic carbocycles. The topological polar surface area (TPSA) is 72.5 Å². The third-order valence-electron chi connectivity index (χ3n) is 2.07. The molecule has 4 nitrogen and oxygen atoms in total. The summed E-state index contributed by atoms with van der Waals surface area (Å²) in [5, 5.41) is 8.70. The van der Waals surface area contributed by atoms with Gasteiger partial charge in [-0.15, -0.1) is 0 Å². The molecule has 0 aliphatic heterocycles. The largest absolute Gasteiger partial charge is 0.494 e. The zero-order chi connectivity index (χ0) is 12.1. The second kappa shape index (κ2) is 5.86. The van der Waals surface area contributed by atoms with Gasteiger partial charge in [0.2, 0.25) is 0 Å². The van der Waals surface area contributed by atoms with Crippen LogP contribution in [0, 0.1) is 0 Å². The molecule has 1 aromatic rings. The van der Waals surface area contributed by atoms with E-state index in [1.807, 2.05) is 13.0 Å². The fourth-order valence-electron chi connectivity index (χ4n) is 1.39. The standard InChI is InChI=1S/C11H14BrNO3/c1-2-16-10-4-3-7(12)5-8(10)9(13)6-11(14)15/h3-5,9H,2,6,13H2,1H3,(H,14,15)/t9-/m0/s1. The molecule has 0 bridgehead atoms. The van der Waals surface area contributed by atoms with Crippen LogP contribution in [0.4, 0.5) is 0 Å². The van der Waals surface area contributed by atoms with Gasteiger partial charge in [-0.25, -0.2) is 0 Å². The molecule has 0 aromatic heterocycles. The zero-order valence-electron chi connectivity index (χ0n) is 8.94. The van der Waals surface area contributed by atoms with Gasteiger partial charge >= 0.3 is 5.97 Å². The van der Waals surface area contributed by atoms with Gasteiger partial charge in [-0.3, -0.25) is 4.79 Å². The van der Waals surface area contributed by atoms with Crippen LogP contribution in [-0.2, 0) is 4.79 Å². The molecule has 0 aliphatic carbocycles. The number of carbonyl (C=O) groups is 1. The molecule has 5 heteroatoms. The van der Waals surface area contributed by atoms with Crippen LogP contribution in [0.15, 0.2) is 22.7 Å². The van der Waals surface area contributed by atoms with Crippen LogP contribution in [0.2, 0.25) is 0 Å². The fourth-order valence-corrected chi connectivity index (χ4v) is 1.77. The molecule has 3 N–H and O–H groups in total. The van der Waals surface area contributed by atoms with Gasteiger partial charge in [0.15, 0.2) is 0 Å². The number of rotatable bonds is 5. The minimum atomic E-state index is -0.921. The van der Waals surface area contributed by atoms with Crippen LogP contribution < -0.4 is 10.5 Å². The first-order valence-corrected chi connectivity index (χ1v) is 5.73. The van der Waals surface area contributed by atoms with Crippen molar-refractivity contribution in [3.63, 3.8) is 0 Å². The summed E-state index contributed by atoms with van der Waals surface area (Å²) in [7, 11) is 0. The summed E-state index contributed by atoms with van der Waals surface area (Å²) in [6.07, 6.45) is -0.115. The Morgan fingerprint density at radius 3 is 2.88 bits per heavy atom. The van der Waals surface area contributed by atoms with Gasteiger partial charge in [0.05, 0.1) is 13.0 Å². The molecular formula is C11H14BrNO3. The normalized spacial score (nSPS) is 12.2. The maximum absolute atomic E-state index is 10.6. The summed E-state index contributed by atoms with van der Waals surface area (Å²) in [5.74, 6) is -0.283.